The third-order valence-electron chi connectivity index (χ3n) is 12.8. The van der Waals surface area contributed by atoms with Crippen molar-refractivity contribution in [3.63, 3.8) is 0 Å². The highest BCUT2D eigenvalue weighted by molar-refractivity contribution is 8.26. The van der Waals surface area contributed by atoms with E-state index >= 15 is 0 Å². The first-order chi connectivity index (χ1) is 42.6. The number of benzene rings is 3. The Morgan fingerprint density at radius 2 is 1.01 bits per heavy atom. The zero-order chi connectivity index (χ0) is 64.7. The lowest BCUT2D eigenvalue weighted by Crippen LogP contribution is -2.24. The molecule has 88 heavy (non-hydrogen) atoms. The zero-order valence-corrected chi connectivity index (χ0v) is 53.4. The van der Waals surface area contributed by atoms with Gasteiger partial charge in [0.05, 0.1) is 99.0 Å². The Hall–Kier alpha value is -7.96. The number of carbonyl (C=O) groups is 3. The number of hydrogen-bond donors (Lipinski definition) is 3. The summed E-state index contributed by atoms with van der Waals surface area (Å²) >= 11 is 24.0. The molecule has 3 aromatic carbocycles. The zero-order valence-electron chi connectivity index (χ0n) is 49.1. The molecule has 24 heteroatoms. The SMILES string of the molecule is COC(=O)c1cc(CCl)nc(Cc2ccc3ncc(Cl)cc3c2)c1.COC(=O)c1cc(CO)nc(Cc2ccc3ncc(Cl)cc3c2)c1.Cc1cc(N)nc(C)c1CNC(=O)c1cc(CC#N)nc(Cc2ccc3ncc(Cl)cc3c2)c1.O=S(Cl)Cl.[2H]CC. The van der Waals surface area contributed by atoms with Gasteiger partial charge in [-0.05, 0) is 139 Å². The topological polar surface area (TPSA) is 259 Å². The van der Waals surface area contributed by atoms with Crippen molar-refractivity contribution in [2.24, 2.45) is 0 Å². The molecule has 7 aromatic heterocycles. The molecule has 0 fully saturated rings. The Bertz CT molecular complexity index is 4060. The van der Waals surface area contributed by atoms with Crippen LogP contribution in [0, 0.1) is 25.2 Å². The van der Waals surface area contributed by atoms with Crippen molar-refractivity contribution in [2.45, 2.75) is 72.4 Å². The van der Waals surface area contributed by atoms with E-state index in [1.54, 1.807) is 61.9 Å². The molecule has 0 saturated carbocycles. The molecule has 10 rings (SSSR count). The summed E-state index contributed by atoms with van der Waals surface area (Å²) in [6, 6.07) is 37.2. The minimum absolute atomic E-state index is 0.117. The summed E-state index contributed by atoms with van der Waals surface area (Å²) in [6.45, 7) is 6.18. The Labute approximate surface area is 541 Å². The van der Waals surface area contributed by atoms with E-state index in [2.05, 4.69) is 67.6 Å². The van der Waals surface area contributed by atoms with Gasteiger partial charge in [0.25, 0.3) is 5.91 Å². The number of hydrogen-bond acceptors (Lipinski definition) is 16. The van der Waals surface area contributed by atoms with Gasteiger partial charge in [0.2, 0.25) is 9.23 Å². The van der Waals surface area contributed by atoms with Gasteiger partial charge in [-0.3, -0.25) is 34.7 Å². The third kappa shape index (κ3) is 20.6. The van der Waals surface area contributed by atoms with Crippen LogP contribution in [0.1, 0.15) is 114 Å². The highest BCUT2D eigenvalue weighted by atomic mass is 36.0. The molecule has 454 valence electrons. The van der Waals surface area contributed by atoms with Gasteiger partial charge in [-0.1, -0.05) is 66.8 Å². The summed E-state index contributed by atoms with van der Waals surface area (Å²) in [7, 11) is 10.0. The van der Waals surface area contributed by atoms with Gasteiger partial charge in [0.15, 0.2) is 0 Å². The molecule has 0 spiro atoms. The van der Waals surface area contributed by atoms with E-state index in [4.69, 9.17) is 67.2 Å². The fourth-order valence-corrected chi connectivity index (χ4v) is 9.63. The lowest BCUT2D eigenvalue weighted by atomic mass is 10.0. The van der Waals surface area contributed by atoms with Crippen molar-refractivity contribution >= 4 is 133 Å². The van der Waals surface area contributed by atoms with E-state index in [0.717, 1.165) is 71.9 Å². The molecule has 0 aliphatic carbocycles. The van der Waals surface area contributed by atoms with Crippen molar-refractivity contribution < 1.29 is 34.5 Å². The van der Waals surface area contributed by atoms with E-state index < -0.39 is 21.2 Å². The first-order valence-corrected chi connectivity index (χ1v) is 31.0. The highest BCUT2D eigenvalue weighted by Crippen LogP contribution is 2.25. The number of anilines is 1. The van der Waals surface area contributed by atoms with E-state index in [9.17, 15) is 24.8 Å². The number of halogens is 6. The Morgan fingerprint density at radius 1 is 0.625 bits per heavy atom. The summed E-state index contributed by atoms with van der Waals surface area (Å²) in [6.07, 6.45) is 6.55. The molecule has 0 unspecified atom stereocenters. The normalized spacial score (nSPS) is 10.7. The largest absolute Gasteiger partial charge is 0.465 e. The lowest BCUT2D eigenvalue weighted by Gasteiger charge is -2.12. The van der Waals surface area contributed by atoms with Gasteiger partial charge >= 0.3 is 11.9 Å². The molecule has 0 aliphatic heterocycles. The number of pyridine rings is 7. The summed E-state index contributed by atoms with van der Waals surface area (Å²) in [5.74, 6) is -0.415. The number of aliphatic hydroxyl groups is 1. The van der Waals surface area contributed by atoms with Crippen LogP contribution in [0.25, 0.3) is 32.7 Å². The van der Waals surface area contributed by atoms with Crippen molar-refractivity contribution in [2.75, 3.05) is 20.0 Å². The maximum Gasteiger partial charge on any atom is 0.337 e. The number of nitrogens with zero attached hydrogens (tertiary/aromatic N) is 8. The van der Waals surface area contributed by atoms with E-state index in [1.165, 1.54) is 20.3 Å². The van der Waals surface area contributed by atoms with Crippen LogP contribution >= 0.6 is 67.8 Å². The standard InChI is InChI=1S/C26H23ClN6O.C18H14Cl2N2O2.C18H15ClN2O3.C2H6.Cl2OS/c1-15-7-25(29)32-16(2)23(15)14-31-26(34)19-11-21(5-6-28)33-22(12-19)9-17-3-4-24-18(8-17)10-20(27)13-30-24;1-24-18(23)13-7-15(22-16(8-13)9-19)5-11-2-3-17-12(4-11)6-14(20)10-21-17;1-24-18(23)13-7-15(21-16(8-13)10-22)5-11-2-3-17-12(4-11)6-14(19)9-20-17;1-2;1-4(2)3/h3-4,7-8,10-13H,5,9,14H2,1-2H3,(H2,29,32)(H,31,34);2-4,6-8,10H,5,9H2,1H3;2-4,6-9,22H,5,10H2,1H3;1-2H3;/i;;;1D;. The van der Waals surface area contributed by atoms with Crippen LogP contribution in [0.3, 0.4) is 0 Å². The maximum absolute atomic E-state index is 13.0. The maximum atomic E-state index is 13.0. The number of aryl methyl sites for hydroxylation is 2. The van der Waals surface area contributed by atoms with Crippen LogP contribution in [0.4, 0.5) is 5.82 Å². The summed E-state index contributed by atoms with van der Waals surface area (Å²) in [5.41, 5.74) is 19.1. The average Bonchev–Trinajstić information content (AvgIpc) is 1.72. The molecule has 10 aromatic rings. The number of nitriles is 1. The number of aliphatic hydroxyl groups excluding tert-OH is 1. The predicted octanol–water partition coefficient (Wildman–Crippen LogP) is 14.1. The van der Waals surface area contributed by atoms with Crippen LogP contribution < -0.4 is 11.1 Å². The molecule has 0 atom stereocenters. The van der Waals surface area contributed by atoms with Gasteiger partial charge in [0.1, 0.15) is 5.82 Å². The smallest absolute Gasteiger partial charge is 0.337 e. The fourth-order valence-electron chi connectivity index (χ4n) is 8.99. The van der Waals surface area contributed by atoms with E-state index in [0.29, 0.717) is 98.8 Å². The van der Waals surface area contributed by atoms with Gasteiger partial charge in [0, 0.05) is 112 Å². The van der Waals surface area contributed by atoms with E-state index in [1.807, 2.05) is 86.6 Å². The van der Waals surface area contributed by atoms with Crippen molar-refractivity contribution in [1.82, 2.24) is 40.2 Å². The molecular formula is C64H58Cl6N10O7S. The number of nitrogen functional groups attached to an aromatic ring is 1. The van der Waals surface area contributed by atoms with Crippen LogP contribution in [0.5, 0.6) is 0 Å². The molecule has 17 nitrogen and oxygen atoms in total. The Balaban J connectivity index is 0.000000206. The molecular weight excluding hydrogens is 1270 g/mol. The molecule has 0 radical (unpaired) electrons. The van der Waals surface area contributed by atoms with E-state index in [-0.39, 0.29) is 24.8 Å². The van der Waals surface area contributed by atoms with Crippen LogP contribution in [0.15, 0.2) is 134 Å². The van der Waals surface area contributed by atoms with Gasteiger partial charge in [-0.2, -0.15) is 5.26 Å². The minimum atomic E-state index is -1.67. The minimum Gasteiger partial charge on any atom is -0.465 e. The van der Waals surface area contributed by atoms with Crippen LogP contribution in [0.2, 0.25) is 15.1 Å². The number of esters is 2. The van der Waals surface area contributed by atoms with Crippen LogP contribution in [-0.2, 0) is 63.4 Å². The molecule has 1 amide bonds. The summed E-state index contributed by atoms with van der Waals surface area (Å²) in [4.78, 5) is 67.1. The number of fused-ring (bicyclic) bond motifs is 3. The van der Waals surface area contributed by atoms with Gasteiger partial charge in [-0.15, -0.1) is 11.6 Å². The number of aromatic nitrogens is 7. The Morgan fingerprint density at radius 3 is 1.41 bits per heavy atom. The van der Waals surface area contributed by atoms with Crippen molar-refractivity contribution in [3.8, 4) is 6.07 Å². The first-order valence-electron chi connectivity index (χ1n) is 27.2. The second-order valence-electron chi connectivity index (χ2n) is 19.0. The number of carbonyl (C=O) groups excluding carboxylic acids is 3. The number of nitrogens with one attached hydrogen (secondary N) is 1. The number of nitrogens with two attached hydrogens (primary N) is 1. The second-order valence-corrected chi connectivity index (χ2v) is 23.1. The number of amides is 1. The van der Waals surface area contributed by atoms with Gasteiger partial charge in [-0.25, -0.2) is 18.8 Å². The second kappa shape index (κ2) is 34.0. The Kier molecular flexibility index (Phi) is 26.1. The van der Waals surface area contributed by atoms with Crippen molar-refractivity contribution in [1.29, 1.82) is 5.26 Å². The average molecular weight is 1330 g/mol. The first kappa shape index (κ1) is 67.5. The number of rotatable bonds is 14. The molecule has 0 bridgehead atoms. The molecule has 4 N–H and O–H groups in total. The molecule has 7 heterocycles. The number of methoxy groups -OCH3 is 2. The molecule has 0 aliphatic rings. The van der Waals surface area contributed by atoms with Crippen LogP contribution in [-0.4, -0.2) is 76.3 Å². The monoisotopic (exact) mass is 1320 g/mol. The van der Waals surface area contributed by atoms with Gasteiger partial charge < -0.3 is 25.6 Å². The summed E-state index contributed by atoms with van der Waals surface area (Å²) in [5, 5.41) is 26.0. The summed E-state index contributed by atoms with van der Waals surface area (Å²) < 4.78 is 24.8. The quantitative estimate of drug-likeness (QED) is 0.0519. The fraction of sp³-hybridized carbons (Fsp3) is 0.203. The molecule has 0 saturated heterocycles. The van der Waals surface area contributed by atoms with Crippen molar-refractivity contribution in [3.05, 3.63) is 233 Å². The highest BCUT2D eigenvalue weighted by Gasteiger charge is 2.16. The number of ether oxygens (including phenoxy) is 2. The lowest BCUT2D eigenvalue weighted by molar-refractivity contribution is 0.0591. The number of alkyl halides is 1. The third-order valence-corrected chi connectivity index (χ3v) is 13.6. The predicted molar refractivity (Wildman–Crippen MR) is 349 cm³/mol.